The minimum Gasteiger partial charge on any atom is -0.373 e. The molecule has 1 aromatic rings. The van der Waals surface area contributed by atoms with Crippen molar-refractivity contribution in [3.05, 3.63) is 34.9 Å². The Bertz CT molecular complexity index is 628. The standard InChI is InChI=1S/C22H30O4/c1-14-4-3-5-21(15(14)2)22(8-19-12-25-19,9-20-13-26-20)16(6-17-10-23-17)7-18-11-24-18/h3-5,16-20H,6-13H2,1-2H3. The molecule has 4 nitrogen and oxygen atoms in total. The van der Waals surface area contributed by atoms with Crippen molar-refractivity contribution in [2.24, 2.45) is 5.92 Å². The number of hydrogen-bond donors (Lipinski definition) is 0. The van der Waals surface area contributed by atoms with Gasteiger partial charge in [-0.05, 0) is 62.1 Å². The third kappa shape index (κ3) is 3.70. The Kier molecular flexibility index (Phi) is 4.35. The lowest BCUT2D eigenvalue weighted by molar-refractivity contribution is 0.148. The first-order valence-corrected chi connectivity index (χ1v) is 10.2. The summed E-state index contributed by atoms with van der Waals surface area (Å²) in [5, 5.41) is 0. The molecular weight excluding hydrogens is 328 g/mol. The lowest BCUT2D eigenvalue weighted by Crippen LogP contribution is -2.41. The van der Waals surface area contributed by atoms with Gasteiger partial charge in [-0.25, -0.2) is 0 Å². The lowest BCUT2D eigenvalue weighted by atomic mass is 9.61. The lowest BCUT2D eigenvalue weighted by Gasteiger charge is -2.43. The molecule has 4 heterocycles. The summed E-state index contributed by atoms with van der Waals surface area (Å²) in [6.07, 6.45) is 6.13. The number of ether oxygens (including phenoxy) is 4. The van der Waals surface area contributed by atoms with Gasteiger partial charge in [-0.3, -0.25) is 0 Å². The Hall–Kier alpha value is -0.940. The van der Waals surface area contributed by atoms with Crippen molar-refractivity contribution in [3.63, 3.8) is 0 Å². The van der Waals surface area contributed by atoms with Crippen molar-refractivity contribution >= 4 is 0 Å². The molecular formula is C22H30O4. The molecule has 4 heteroatoms. The zero-order valence-electron chi connectivity index (χ0n) is 15.9. The molecule has 0 radical (unpaired) electrons. The van der Waals surface area contributed by atoms with Crippen molar-refractivity contribution in [2.75, 3.05) is 26.4 Å². The van der Waals surface area contributed by atoms with Gasteiger partial charge in [-0.15, -0.1) is 0 Å². The summed E-state index contributed by atoms with van der Waals surface area (Å²) in [6, 6.07) is 6.82. The van der Waals surface area contributed by atoms with Gasteiger partial charge in [0, 0.05) is 5.41 Å². The summed E-state index contributed by atoms with van der Waals surface area (Å²) >= 11 is 0. The number of benzene rings is 1. The summed E-state index contributed by atoms with van der Waals surface area (Å²) in [4.78, 5) is 0. The largest absolute Gasteiger partial charge is 0.373 e. The van der Waals surface area contributed by atoms with E-state index in [2.05, 4.69) is 32.0 Å². The van der Waals surface area contributed by atoms with E-state index in [-0.39, 0.29) is 5.41 Å². The van der Waals surface area contributed by atoms with Gasteiger partial charge in [-0.2, -0.15) is 0 Å². The van der Waals surface area contributed by atoms with Gasteiger partial charge in [0.2, 0.25) is 0 Å². The maximum atomic E-state index is 5.75. The fraction of sp³-hybridized carbons (Fsp3) is 0.727. The van der Waals surface area contributed by atoms with Crippen molar-refractivity contribution in [1.82, 2.24) is 0 Å². The fourth-order valence-corrected chi connectivity index (χ4v) is 4.92. The van der Waals surface area contributed by atoms with Gasteiger partial charge in [0.05, 0.1) is 50.8 Å². The first-order chi connectivity index (χ1) is 12.6. The van der Waals surface area contributed by atoms with Crippen molar-refractivity contribution in [1.29, 1.82) is 0 Å². The highest BCUT2D eigenvalue weighted by atomic mass is 16.6. The van der Waals surface area contributed by atoms with Crippen molar-refractivity contribution < 1.29 is 18.9 Å². The van der Waals surface area contributed by atoms with Crippen LogP contribution in [0.4, 0.5) is 0 Å². The van der Waals surface area contributed by atoms with E-state index in [1.165, 1.54) is 16.7 Å². The smallest absolute Gasteiger partial charge is 0.0818 e. The molecule has 0 spiro atoms. The minimum absolute atomic E-state index is 0.0936. The van der Waals surface area contributed by atoms with Crippen molar-refractivity contribution in [2.45, 2.75) is 69.4 Å². The Morgan fingerprint density at radius 3 is 1.81 bits per heavy atom. The molecule has 4 unspecified atom stereocenters. The monoisotopic (exact) mass is 358 g/mol. The second-order valence-corrected chi connectivity index (χ2v) is 8.80. The molecule has 0 bridgehead atoms. The number of rotatable bonds is 10. The molecule has 0 N–H and O–H groups in total. The number of aryl methyl sites for hydroxylation is 1. The molecule has 0 amide bonds. The molecule has 4 aliphatic rings. The fourth-order valence-electron chi connectivity index (χ4n) is 4.92. The Labute approximate surface area is 156 Å². The summed E-state index contributed by atoms with van der Waals surface area (Å²) in [7, 11) is 0. The van der Waals surface area contributed by atoms with Gasteiger partial charge in [0.25, 0.3) is 0 Å². The van der Waals surface area contributed by atoms with E-state index in [1.807, 2.05) is 0 Å². The third-order valence-electron chi connectivity index (χ3n) is 6.81. The molecule has 26 heavy (non-hydrogen) atoms. The van der Waals surface area contributed by atoms with Crippen LogP contribution in [0.5, 0.6) is 0 Å². The highest BCUT2D eigenvalue weighted by Crippen LogP contribution is 2.51. The predicted molar refractivity (Wildman–Crippen MR) is 98.5 cm³/mol. The molecule has 4 fully saturated rings. The Morgan fingerprint density at radius 1 is 0.846 bits per heavy atom. The normalized spacial score (nSPS) is 34.8. The van der Waals surface area contributed by atoms with Crippen LogP contribution in [0.25, 0.3) is 0 Å². The summed E-state index contributed by atoms with van der Waals surface area (Å²) in [5.74, 6) is 0.552. The highest BCUT2D eigenvalue weighted by Gasteiger charge is 2.51. The van der Waals surface area contributed by atoms with Crippen LogP contribution in [0.3, 0.4) is 0 Å². The van der Waals surface area contributed by atoms with Crippen LogP contribution in [0, 0.1) is 19.8 Å². The maximum absolute atomic E-state index is 5.75. The number of hydrogen-bond acceptors (Lipinski definition) is 4. The average Bonchev–Trinajstić information content (AvgIpc) is 3.43. The SMILES string of the molecule is Cc1cccc(C(CC2CO2)(CC2CO2)C(CC2CO2)CC2CO2)c1C. The van der Waals surface area contributed by atoms with E-state index in [9.17, 15) is 0 Å². The predicted octanol–water partition coefficient (Wildman–Crippen LogP) is 3.31. The molecule has 4 aliphatic heterocycles. The van der Waals surface area contributed by atoms with Crippen LogP contribution in [0.1, 0.15) is 42.4 Å². The molecule has 4 atom stereocenters. The molecule has 0 aromatic heterocycles. The quantitative estimate of drug-likeness (QED) is 0.602. The average molecular weight is 358 g/mol. The molecule has 4 saturated heterocycles. The van der Waals surface area contributed by atoms with Crippen LogP contribution < -0.4 is 0 Å². The molecule has 1 aromatic carbocycles. The first-order valence-electron chi connectivity index (χ1n) is 10.2. The maximum Gasteiger partial charge on any atom is 0.0818 e. The molecule has 5 rings (SSSR count). The van der Waals surface area contributed by atoms with E-state index in [1.54, 1.807) is 0 Å². The van der Waals surface area contributed by atoms with E-state index in [0.29, 0.717) is 30.3 Å². The second kappa shape index (κ2) is 6.59. The van der Waals surface area contributed by atoms with E-state index < -0.39 is 0 Å². The molecule has 0 aliphatic carbocycles. The third-order valence-corrected chi connectivity index (χ3v) is 6.81. The second-order valence-electron chi connectivity index (χ2n) is 8.80. The Balaban J connectivity index is 1.56. The van der Waals surface area contributed by atoms with Gasteiger partial charge in [-0.1, -0.05) is 18.2 Å². The van der Waals surface area contributed by atoms with Crippen molar-refractivity contribution in [3.8, 4) is 0 Å². The minimum atomic E-state index is 0.0936. The van der Waals surface area contributed by atoms with Gasteiger partial charge < -0.3 is 18.9 Å². The topological polar surface area (TPSA) is 50.1 Å². The Morgan fingerprint density at radius 2 is 1.35 bits per heavy atom. The summed E-state index contributed by atoms with van der Waals surface area (Å²) in [5.41, 5.74) is 4.42. The van der Waals surface area contributed by atoms with Gasteiger partial charge in [0.1, 0.15) is 0 Å². The summed E-state index contributed by atoms with van der Waals surface area (Å²) < 4.78 is 22.8. The molecule has 142 valence electrons. The zero-order valence-corrected chi connectivity index (χ0v) is 15.9. The van der Waals surface area contributed by atoms with E-state index in [4.69, 9.17) is 18.9 Å². The van der Waals surface area contributed by atoms with E-state index >= 15 is 0 Å². The van der Waals surface area contributed by atoms with Gasteiger partial charge in [0.15, 0.2) is 0 Å². The van der Waals surface area contributed by atoms with Gasteiger partial charge >= 0.3 is 0 Å². The summed E-state index contributed by atoms with van der Waals surface area (Å²) in [6.45, 7) is 8.18. The zero-order chi connectivity index (χ0) is 17.7. The van der Waals surface area contributed by atoms with E-state index in [0.717, 1.165) is 52.1 Å². The molecule has 0 saturated carbocycles. The van der Waals surface area contributed by atoms with Crippen LogP contribution in [0.15, 0.2) is 18.2 Å². The van der Waals surface area contributed by atoms with Crippen LogP contribution >= 0.6 is 0 Å². The highest BCUT2D eigenvalue weighted by molar-refractivity contribution is 5.40. The van der Waals surface area contributed by atoms with Crippen LogP contribution in [-0.4, -0.2) is 50.8 Å². The number of epoxide rings is 4. The first kappa shape index (κ1) is 17.2. The van der Waals surface area contributed by atoms with Crippen LogP contribution in [0.2, 0.25) is 0 Å². The van der Waals surface area contributed by atoms with Crippen LogP contribution in [-0.2, 0) is 24.4 Å².